The van der Waals surface area contributed by atoms with Gasteiger partial charge in [-0.25, -0.2) is 0 Å². The first-order valence-corrected chi connectivity index (χ1v) is 6.12. The molecule has 0 bridgehead atoms. The van der Waals surface area contributed by atoms with Crippen molar-refractivity contribution in [2.75, 3.05) is 12.8 Å². The molecule has 0 fully saturated rings. The number of aryl methyl sites for hydroxylation is 1. The first-order valence-electron chi connectivity index (χ1n) is 5.33. The van der Waals surface area contributed by atoms with Crippen LogP contribution in [0.2, 0.25) is 0 Å². The smallest absolute Gasteiger partial charge is 0.169 e. The Kier molecular flexibility index (Phi) is 3.72. The zero-order valence-corrected chi connectivity index (χ0v) is 11.7. The molecule has 0 saturated heterocycles. The lowest BCUT2D eigenvalue weighted by Gasteiger charge is -2.13. The Labute approximate surface area is 114 Å². The molecule has 2 aromatic rings. The Morgan fingerprint density at radius 3 is 2.67 bits per heavy atom. The highest BCUT2D eigenvalue weighted by molar-refractivity contribution is 9.10. The number of anilines is 1. The van der Waals surface area contributed by atoms with Gasteiger partial charge in [0.2, 0.25) is 0 Å². The lowest BCUT2D eigenvalue weighted by molar-refractivity contribution is 0.378. The van der Waals surface area contributed by atoms with Gasteiger partial charge in [0.05, 0.1) is 23.5 Å². The van der Waals surface area contributed by atoms with E-state index >= 15 is 0 Å². The van der Waals surface area contributed by atoms with Crippen LogP contribution in [0.15, 0.2) is 35.1 Å². The number of methoxy groups -OCH3 is 1. The predicted octanol–water partition coefficient (Wildman–Crippen LogP) is 3.54. The van der Waals surface area contributed by atoms with Crippen LogP contribution >= 0.6 is 15.9 Å². The van der Waals surface area contributed by atoms with Crippen LogP contribution in [-0.4, -0.2) is 12.1 Å². The molecule has 0 aliphatic heterocycles. The molecular weight excluding hydrogens is 296 g/mol. The molecule has 5 heteroatoms. The standard InChI is InChI=1S/C13H13BrN2O2/c1-8-3-4-11(12(5-8)17-2)18-13-9(14)6-16-7-10(13)15/h3-7H,15H2,1-2H3. The Morgan fingerprint density at radius 1 is 1.22 bits per heavy atom. The van der Waals surface area contributed by atoms with E-state index in [4.69, 9.17) is 15.2 Å². The van der Waals surface area contributed by atoms with Crippen molar-refractivity contribution in [2.24, 2.45) is 0 Å². The lowest BCUT2D eigenvalue weighted by atomic mass is 10.2. The predicted molar refractivity (Wildman–Crippen MR) is 74.2 cm³/mol. The van der Waals surface area contributed by atoms with Crippen molar-refractivity contribution in [2.45, 2.75) is 6.92 Å². The topological polar surface area (TPSA) is 57.4 Å². The molecule has 0 amide bonds. The molecule has 1 aromatic carbocycles. The maximum Gasteiger partial charge on any atom is 0.169 e. The van der Waals surface area contributed by atoms with E-state index in [9.17, 15) is 0 Å². The van der Waals surface area contributed by atoms with Crippen molar-refractivity contribution < 1.29 is 9.47 Å². The van der Waals surface area contributed by atoms with Crippen LogP contribution in [0.5, 0.6) is 17.2 Å². The van der Waals surface area contributed by atoms with Gasteiger partial charge in [-0.05, 0) is 40.5 Å². The van der Waals surface area contributed by atoms with Gasteiger partial charge in [-0.15, -0.1) is 0 Å². The Morgan fingerprint density at radius 2 is 2.00 bits per heavy atom. The molecule has 4 nitrogen and oxygen atoms in total. The van der Waals surface area contributed by atoms with Gasteiger partial charge >= 0.3 is 0 Å². The molecule has 0 aliphatic carbocycles. The minimum Gasteiger partial charge on any atom is -0.493 e. The number of nitrogens with zero attached hydrogens (tertiary/aromatic N) is 1. The van der Waals surface area contributed by atoms with Crippen LogP contribution in [0.1, 0.15) is 5.56 Å². The van der Waals surface area contributed by atoms with Gasteiger partial charge in [0.15, 0.2) is 17.2 Å². The van der Waals surface area contributed by atoms with Crippen LogP contribution in [0.4, 0.5) is 5.69 Å². The fourth-order valence-electron chi connectivity index (χ4n) is 1.51. The van der Waals surface area contributed by atoms with Crippen molar-refractivity contribution in [3.05, 3.63) is 40.6 Å². The highest BCUT2D eigenvalue weighted by Gasteiger charge is 2.11. The summed E-state index contributed by atoms with van der Waals surface area (Å²) in [6.45, 7) is 1.99. The van der Waals surface area contributed by atoms with Crippen LogP contribution in [0.3, 0.4) is 0 Å². The van der Waals surface area contributed by atoms with Crippen molar-refractivity contribution in [1.29, 1.82) is 0 Å². The van der Waals surface area contributed by atoms with Gasteiger partial charge in [-0.2, -0.15) is 0 Å². The van der Waals surface area contributed by atoms with Gasteiger partial charge in [0, 0.05) is 6.20 Å². The average molecular weight is 309 g/mol. The number of aromatic nitrogens is 1. The molecular formula is C13H13BrN2O2. The van der Waals surface area contributed by atoms with Gasteiger partial charge in [0.25, 0.3) is 0 Å². The molecule has 2 rings (SSSR count). The first kappa shape index (κ1) is 12.7. The van der Waals surface area contributed by atoms with E-state index in [0.717, 1.165) is 5.56 Å². The number of halogens is 1. The summed E-state index contributed by atoms with van der Waals surface area (Å²) in [6.07, 6.45) is 3.17. The van der Waals surface area contributed by atoms with Crippen LogP contribution < -0.4 is 15.2 Å². The van der Waals surface area contributed by atoms with Crippen molar-refractivity contribution in [3.63, 3.8) is 0 Å². The number of ether oxygens (including phenoxy) is 2. The minimum absolute atomic E-state index is 0.465. The van der Waals surface area contributed by atoms with Crippen LogP contribution in [0, 0.1) is 6.92 Å². The summed E-state index contributed by atoms with van der Waals surface area (Å²) in [5, 5.41) is 0. The number of hydrogen-bond donors (Lipinski definition) is 1. The molecule has 0 saturated carbocycles. The molecule has 0 aliphatic rings. The van der Waals surface area contributed by atoms with Crippen molar-refractivity contribution in [1.82, 2.24) is 4.98 Å². The van der Waals surface area contributed by atoms with Gasteiger partial charge in [0.1, 0.15) is 0 Å². The molecule has 18 heavy (non-hydrogen) atoms. The second-order valence-electron chi connectivity index (χ2n) is 3.80. The summed E-state index contributed by atoms with van der Waals surface area (Å²) in [6, 6.07) is 5.70. The monoisotopic (exact) mass is 308 g/mol. The van der Waals surface area contributed by atoms with Gasteiger partial charge in [-0.3, -0.25) is 4.98 Å². The molecule has 0 atom stereocenters. The molecule has 94 valence electrons. The molecule has 0 radical (unpaired) electrons. The summed E-state index contributed by atoms with van der Waals surface area (Å²) in [5.41, 5.74) is 7.40. The largest absolute Gasteiger partial charge is 0.493 e. The Hall–Kier alpha value is -1.75. The second-order valence-corrected chi connectivity index (χ2v) is 4.65. The van der Waals surface area contributed by atoms with Crippen molar-refractivity contribution >= 4 is 21.6 Å². The summed E-state index contributed by atoms with van der Waals surface area (Å²) in [4.78, 5) is 3.96. The molecule has 2 N–H and O–H groups in total. The fraction of sp³-hybridized carbons (Fsp3) is 0.154. The Bertz CT molecular complexity index is 553. The number of hydrogen-bond acceptors (Lipinski definition) is 4. The normalized spacial score (nSPS) is 10.2. The zero-order valence-electron chi connectivity index (χ0n) is 10.1. The molecule has 0 spiro atoms. The van der Waals surface area contributed by atoms with Crippen molar-refractivity contribution in [3.8, 4) is 17.2 Å². The second kappa shape index (κ2) is 5.27. The zero-order chi connectivity index (χ0) is 13.1. The third kappa shape index (κ3) is 2.56. The molecule has 0 unspecified atom stereocenters. The van der Waals surface area contributed by atoms with E-state index in [0.29, 0.717) is 27.4 Å². The van der Waals surface area contributed by atoms with E-state index in [1.807, 2.05) is 25.1 Å². The maximum atomic E-state index is 5.83. The quantitative estimate of drug-likeness (QED) is 0.942. The number of nitrogen functional groups attached to an aromatic ring is 1. The minimum atomic E-state index is 0.465. The number of nitrogens with two attached hydrogens (primary N) is 1. The van der Waals surface area contributed by atoms with Gasteiger partial charge in [-0.1, -0.05) is 6.07 Å². The highest BCUT2D eigenvalue weighted by atomic mass is 79.9. The Balaban J connectivity index is 2.40. The maximum absolute atomic E-state index is 5.83. The van der Waals surface area contributed by atoms with Gasteiger partial charge < -0.3 is 15.2 Å². The number of pyridine rings is 1. The van der Waals surface area contributed by atoms with E-state index in [1.54, 1.807) is 19.5 Å². The van der Waals surface area contributed by atoms with E-state index in [1.165, 1.54) is 0 Å². The summed E-state index contributed by atoms with van der Waals surface area (Å²) >= 11 is 3.36. The summed E-state index contributed by atoms with van der Waals surface area (Å²) < 4.78 is 11.8. The third-order valence-electron chi connectivity index (χ3n) is 2.41. The van der Waals surface area contributed by atoms with E-state index in [2.05, 4.69) is 20.9 Å². The summed E-state index contributed by atoms with van der Waals surface area (Å²) in [7, 11) is 1.60. The lowest BCUT2D eigenvalue weighted by Crippen LogP contribution is -1.96. The molecule has 1 heterocycles. The average Bonchev–Trinajstić information content (AvgIpc) is 2.35. The third-order valence-corrected chi connectivity index (χ3v) is 2.98. The van der Waals surface area contributed by atoms with Crippen LogP contribution in [0.25, 0.3) is 0 Å². The molecule has 1 aromatic heterocycles. The fourth-order valence-corrected chi connectivity index (χ4v) is 1.94. The summed E-state index contributed by atoms with van der Waals surface area (Å²) in [5.74, 6) is 1.81. The first-order chi connectivity index (χ1) is 8.61. The van der Waals surface area contributed by atoms with E-state index in [-0.39, 0.29) is 0 Å². The van der Waals surface area contributed by atoms with Crippen LogP contribution in [-0.2, 0) is 0 Å². The van der Waals surface area contributed by atoms with E-state index < -0.39 is 0 Å². The highest BCUT2D eigenvalue weighted by Crippen LogP contribution is 2.38. The SMILES string of the molecule is COc1cc(C)ccc1Oc1c(N)cncc1Br. The number of rotatable bonds is 3. The number of benzene rings is 1.